The lowest BCUT2D eigenvalue weighted by Crippen LogP contribution is -2.11. The van der Waals surface area contributed by atoms with Gasteiger partial charge < -0.3 is 9.26 Å². The van der Waals surface area contributed by atoms with Crippen LogP contribution in [0.5, 0.6) is 0 Å². The SMILES string of the molecule is COC(=O)c1nc(-c2noc(C(C)(C)C)n2)n[nH]1. The number of rotatable bonds is 2. The molecule has 0 aliphatic rings. The maximum atomic E-state index is 11.2. The monoisotopic (exact) mass is 251 g/mol. The number of nitrogens with one attached hydrogen (secondary N) is 1. The Labute approximate surface area is 103 Å². The molecule has 8 heteroatoms. The van der Waals surface area contributed by atoms with Gasteiger partial charge in [-0.2, -0.15) is 9.97 Å². The van der Waals surface area contributed by atoms with Crippen LogP contribution in [0.3, 0.4) is 0 Å². The van der Waals surface area contributed by atoms with Crippen molar-refractivity contribution in [3.05, 3.63) is 11.7 Å². The fourth-order valence-electron chi connectivity index (χ4n) is 1.17. The molecule has 0 amide bonds. The summed E-state index contributed by atoms with van der Waals surface area (Å²) < 4.78 is 9.62. The quantitative estimate of drug-likeness (QED) is 0.791. The van der Waals surface area contributed by atoms with Crippen LogP contribution < -0.4 is 0 Å². The number of ether oxygens (including phenoxy) is 1. The van der Waals surface area contributed by atoms with E-state index in [1.54, 1.807) is 0 Å². The molecule has 18 heavy (non-hydrogen) atoms. The first kappa shape index (κ1) is 12.2. The molecule has 1 N–H and O–H groups in total. The Hall–Kier alpha value is -2.25. The molecule has 0 aliphatic carbocycles. The molecule has 8 nitrogen and oxygen atoms in total. The van der Waals surface area contributed by atoms with Crippen molar-refractivity contribution >= 4 is 5.97 Å². The Balaban J connectivity index is 2.30. The van der Waals surface area contributed by atoms with Gasteiger partial charge in [0, 0.05) is 5.41 Å². The van der Waals surface area contributed by atoms with Crippen molar-refractivity contribution < 1.29 is 14.1 Å². The van der Waals surface area contributed by atoms with Crippen molar-refractivity contribution in [2.45, 2.75) is 26.2 Å². The summed E-state index contributed by atoms with van der Waals surface area (Å²) in [5.74, 6) is 0.283. The summed E-state index contributed by atoms with van der Waals surface area (Å²) in [6, 6.07) is 0. The van der Waals surface area contributed by atoms with Crippen molar-refractivity contribution in [2.75, 3.05) is 7.11 Å². The highest BCUT2D eigenvalue weighted by atomic mass is 16.5. The van der Waals surface area contributed by atoms with Crippen LogP contribution in [0.15, 0.2) is 4.52 Å². The molecular weight excluding hydrogens is 238 g/mol. The maximum absolute atomic E-state index is 11.2. The third-order valence-corrected chi connectivity index (χ3v) is 2.13. The molecule has 0 atom stereocenters. The zero-order valence-corrected chi connectivity index (χ0v) is 10.5. The van der Waals surface area contributed by atoms with E-state index >= 15 is 0 Å². The van der Waals surface area contributed by atoms with Crippen LogP contribution >= 0.6 is 0 Å². The summed E-state index contributed by atoms with van der Waals surface area (Å²) in [5, 5.41) is 10.0. The molecule has 0 saturated carbocycles. The summed E-state index contributed by atoms with van der Waals surface area (Å²) in [5.41, 5.74) is -0.257. The Morgan fingerprint density at radius 1 is 1.28 bits per heavy atom. The molecule has 0 unspecified atom stereocenters. The number of methoxy groups -OCH3 is 1. The number of carbonyl (C=O) groups is 1. The Morgan fingerprint density at radius 2 is 2.00 bits per heavy atom. The smallest absolute Gasteiger partial charge is 0.375 e. The van der Waals surface area contributed by atoms with E-state index in [-0.39, 0.29) is 22.9 Å². The van der Waals surface area contributed by atoms with Crippen molar-refractivity contribution in [1.82, 2.24) is 25.3 Å². The number of hydrogen-bond donors (Lipinski definition) is 1. The van der Waals surface area contributed by atoms with E-state index in [4.69, 9.17) is 4.52 Å². The number of aromatic amines is 1. The third kappa shape index (κ3) is 2.22. The molecule has 0 aliphatic heterocycles. The van der Waals surface area contributed by atoms with Crippen LogP contribution in [0.4, 0.5) is 0 Å². The van der Waals surface area contributed by atoms with Crippen LogP contribution in [0.25, 0.3) is 11.6 Å². The van der Waals surface area contributed by atoms with Crippen molar-refractivity contribution in [2.24, 2.45) is 0 Å². The topological polar surface area (TPSA) is 107 Å². The lowest BCUT2D eigenvalue weighted by atomic mass is 9.97. The second-order valence-electron chi connectivity index (χ2n) is 4.67. The van der Waals surface area contributed by atoms with E-state index in [1.807, 2.05) is 20.8 Å². The van der Waals surface area contributed by atoms with Gasteiger partial charge in [-0.25, -0.2) is 4.79 Å². The minimum atomic E-state index is -0.603. The normalized spacial score (nSPS) is 11.6. The van der Waals surface area contributed by atoms with Crippen molar-refractivity contribution in [3.8, 4) is 11.6 Å². The highest BCUT2D eigenvalue weighted by Gasteiger charge is 2.24. The minimum absolute atomic E-state index is 0.00499. The van der Waals surface area contributed by atoms with E-state index in [1.165, 1.54) is 7.11 Å². The molecule has 2 heterocycles. The first-order valence-electron chi connectivity index (χ1n) is 5.27. The number of H-pyrrole nitrogens is 1. The minimum Gasteiger partial charge on any atom is -0.463 e. The molecule has 0 bridgehead atoms. The van der Waals surface area contributed by atoms with Crippen LogP contribution in [-0.4, -0.2) is 38.4 Å². The number of nitrogens with zero attached hydrogens (tertiary/aromatic N) is 4. The maximum Gasteiger partial charge on any atom is 0.375 e. The Bertz CT molecular complexity index is 566. The summed E-state index contributed by atoms with van der Waals surface area (Å²) in [4.78, 5) is 19.3. The van der Waals surface area contributed by atoms with Crippen LogP contribution in [-0.2, 0) is 10.2 Å². The highest BCUT2D eigenvalue weighted by Crippen LogP contribution is 2.22. The average Bonchev–Trinajstić information content (AvgIpc) is 2.94. The molecule has 0 aromatic carbocycles. The van der Waals surface area contributed by atoms with Crippen LogP contribution in [0.1, 0.15) is 37.3 Å². The second kappa shape index (κ2) is 4.21. The standard InChI is InChI=1S/C10H13N5O3/c1-10(2,3)9-12-6(15-18-9)5-11-7(14-13-5)8(16)17-4/h1-4H3,(H,11,13,14). The van der Waals surface area contributed by atoms with Gasteiger partial charge in [0.1, 0.15) is 0 Å². The molecular formula is C10H13N5O3. The predicted octanol–water partition coefficient (Wildman–Crippen LogP) is 0.939. The van der Waals surface area contributed by atoms with E-state index in [0.29, 0.717) is 5.89 Å². The average molecular weight is 251 g/mol. The van der Waals surface area contributed by atoms with Gasteiger partial charge in [-0.15, -0.1) is 5.10 Å². The third-order valence-electron chi connectivity index (χ3n) is 2.13. The van der Waals surface area contributed by atoms with Crippen molar-refractivity contribution in [3.63, 3.8) is 0 Å². The molecule has 2 aromatic rings. The van der Waals surface area contributed by atoms with Gasteiger partial charge in [-0.05, 0) is 0 Å². The summed E-state index contributed by atoms with van der Waals surface area (Å²) >= 11 is 0. The van der Waals surface area contributed by atoms with Gasteiger partial charge in [-0.3, -0.25) is 5.10 Å². The van der Waals surface area contributed by atoms with Crippen LogP contribution in [0.2, 0.25) is 0 Å². The zero-order valence-electron chi connectivity index (χ0n) is 10.5. The van der Waals surface area contributed by atoms with Crippen molar-refractivity contribution in [1.29, 1.82) is 0 Å². The number of carbonyl (C=O) groups excluding carboxylic acids is 1. The molecule has 0 fully saturated rings. The van der Waals surface area contributed by atoms with E-state index in [2.05, 4.69) is 30.1 Å². The lowest BCUT2D eigenvalue weighted by molar-refractivity contribution is 0.0587. The fraction of sp³-hybridized carbons (Fsp3) is 0.500. The Morgan fingerprint density at radius 3 is 2.56 bits per heavy atom. The molecule has 96 valence electrons. The predicted molar refractivity (Wildman–Crippen MR) is 59.7 cm³/mol. The van der Waals surface area contributed by atoms with Crippen LogP contribution in [0, 0.1) is 0 Å². The zero-order chi connectivity index (χ0) is 13.3. The highest BCUT2D eigenvalue weighted by molar-refractivity contribution is 5.85. The number of hydrogen-bond acceptors (Lipinski definition) is 7. The van der Waals surface area contributed by atoms with Gasteiger partial charge in [0.05, 0.1) is 7.11 Å². The number of aromatic nitrogens is 5. The second-order valence-corrected chi connectivity index (χ2v) is 4.67. The van der Waals surface area contributed by atoms with Gasteiger partial charge in [0.2, 0.25) is 23.4 Å². The summed E-state index contributed by atoms with van der Waals surface area (Å²) in [6.45, 7) is 5.84. The molecule has 0 saturated heterocycles. The molecule has 0 radical (unpaired) electrons. The van der Waals surface area contributed by atoms with Gasteiger partial charge >= 0.3 is 5.97 Å². The number of esters is 1. The summed E-state index contributed by atoms with van der Waals surface area (Å²) in [6.07, 6.45) is 0. The fourth-order valence-corrected chi connectivity index (χ4v) is 1.17. The van der Waals surface area contributed by atoms with Gasteiger partial charge in [-0.1, -0.05) is 25.9 Å². The summed E-state index contributed by atoms with van der Waals surface area (Å²) in [7, 11) is 1.26. The lowest BCUT2D eigenvalue weighted by Gasteiger charge is -2.10. The molecule has 2 aromatic heterocycles. The molecule has 0 spiro atoms. The van der Waals surface area contributed by atoms with E-state index < -0.39 is 5.97 Å². The largest absolute Gasteiger partial charge is 0.463 e. The van der Waals surface area contributed by atoms with E-state index in [0.717, 1.165) is 0 Å². The first-order valence-corrected chi connectivity index (χ1v) is 5.27. The van der Waals surface area contributed by atoms with Gasteiger partial charge in [0.25, 0.3) is 0 Å². The van der Waals surface area contributed by atoms with E-state index in [9.17, 15) is 4.79 Å². The first-order chi connectivity index (χ1) is 8.41. The van der Waals surface area contributed by atoms with Gasteiger partial charge in [0.15, 0.2) is 0 Å². The Kier molecular flexibility index (Phi) is 2.85. The molecule has 2 rings (SSSR count).